The fourth-order valence-corrected chi connectivity index (χ4v) is 2.41. The summed E-state index contributed by atoms with van der Waals surface area (Å²) in [5.41, 5.74) is 2.15. The van der Waals surface area contributed by atoms with E-state index in [1.54, 1.807) is 12.1 Å². The van der Waals surface area contributed by atoms with Crippen molar-refractivity contribution in [2.75, 3.05) is 6.61 Å². The largest absolute Gasteiger partial charge is 0.493 e. The summed E-state index contributed by atoms with van der Waals surface area (Å²) < 4.78 is 18.9. The highest BCUT2D eigenvalue weighted by atomic mass is 19.1. The summed E-state index contributed by atoms with van der Waals surface area (Å²) in [5, 5.41) is 3.47. The maximum atomic E-state index is 13.3. The molecule has 0 amide bonds. The zero-order chi connectivity index (χ0) is 13.1. The van der Waals surface area contributed by atoms with Crippen LogP contribution >= 0.6 is 0 Å². The van der Waals surface area contributed by atoms with Gasteiger partial charge in [0.1, 0.15) is 11.6 Å². The molecule has 0 bridgehead atoms. The number of rotatable bonds is 3. The number of benzene rings is 2. The van der Waals surface area contributed by atoms with E-state index in [1.807, 2.05) is 18.2 Å². The van der Waals surface area contributed by atoms with Gasteiger partial charge in [0.15, 0.2) is 0 Å². The van der Waals surface area contributed by atoms with E-state index in [9.17, 15) is 4.39 Å². The van der Waals surface area contributed by atoms with Crippen molar-refractivity contribution in [3.05, 3.63) is 65.5 Å². The minimum Gasteiger partial charge on any atom is -0.493 e. The molecule has 2 aromatic rings. The molecule has 2 aromatic carbocycles. The molecule has 1 aliphatic rings. The lowest BCUT2D eigenvalue weighted by Gasteiger charge is -2.27. The highest BCUT2D eigenvalue weighted by Crippen LogP contribution is 2.32. The predicted octanol–water partition coefficient (Wildman–Crippen LogP) is 3.44. The first kappa shape index (κ1) is 12.2. The van der Waals surface area contributed by atoms with Crippen LogP contribution in [0.4, 0.5) is 4.39 Å². The van der Waals surface area contributed by atoms with Gasteiger partial charge in [0.25, 0.3) is 0 Å². The second-order valence-electron chi connectivity index (χ2n) is 4.74. The van der Waals surface area contributed by atoms with Crippen molar-refractivity contribution in [1.29, 1.82) is 0 Å². The Kier molecular flexibility index (Phi) is 3.47. The molecule has 1 aliphatic heterocycles. The Labute approximate surface area is 112 Å². The summed E-state index contributed by atoms with van der Waals surface area (Å²) in [7, 11) is 0. The second-order valence-corrected chi connectivity index (χ2v) is 4.74. The van der Waals surface area contributed by atoms with E-state index < -0.39 is 0 Å². The van der Waals surface area contributed by atoms with Gasteiger partial charge < -0.3 is 10.1 Å². The van der Waals surface area contributed by atoms with Gasteiger partial charge in [0.2, 0.25) is 0 Å². The van der Waals surface area contributed by atoms with Crippen LogP contribution in [0.3, 0.4) is 0 Å². The Balaban J connectivity index is 1.75. The first-order chi connectivity index (χ1) is 9.33. The third-order valence-electron chi connectivity index (χ3n) is 3.41. The Bertz CT molecular complexity index is 556. The van der Waals surface area contributed by atoms with Crippen LogP contribution in [0.15, 0.2) is 48.5 Å². The monoisotopic (exact) mass is 257 g/mol. The van der Waals surface area contributed by atoms with Gasteiger partial charge in [-0.2, -0.15) is 0 Å². The second kappa shape index (κ2) is 5.41. The fourth-order valence-electron chi connectivity index (χ4n) is 2.41. The van der Waals surface area contributed by atoms with Crippen LogP contribution in [0, 0.1) is 5.82 Å². The number of ether oxygens (including phenoxy) is 1. The Morgan fingerprint density at radius 3 is 2.84 bits per heavy atom. The van der Waals surface area contributed by atoms with Crippen LogP contribution < -0.4 is 10.1 Å². The number of halogens is 1. The molecule has 19 heavy (non-hydrogen) atoms. The third-order valence-corrected chi connectivity index (χ3v) is 3.41. The Morgan fingerprint density at radius 2 is 2.00 bits per heavy atom. The molecule has 0 radical (unpaired) electrons. The van der Waals surface area contributed by atoms with Gasteiger partial charge in [-0.15, -0.1) is 0 Å². The van der Waals surface area contributed by atoms with Crippen molar-refractivity contribution in [1.82, 2.24) is 5.32 Å². The Hall–Kier alpha value is -1.87. The minimum atomic E-state index is -0.212. The summed E-state index contributed by atoms with van der Waals surface area (Å²) in [6.07, 6.45) is 0.864. The van der Waals surface area contributed by atoms with Crippen LogP contribution in [-0.4, -0.2) is 6.61 Å². The SMILES string of the molecule is Fc1ccc2c(c1)C(NCc1ccccc1)CCO2. The van der Waals surface area contributed by atoms with E-state index in [0.29, 0.717) is 6.61 Å². The zero-order valence-corrected chi connectivity index (χ0v) is 10.6. The number of nitrogens with one attached hydrogen (secondary N) is 1. The van der Waals surface area contributed by atoms with Gasteiger partial charge in [0.05, 0.1) is 6.61 Å². The molecular formula is C16H16FNO. The lowest BCUT2D eigenvalue weighted by Crippen LogP contribution is -2.26. The molecule has 1 N–H and O–H groups in total. The molecule has 0 aromatic heterocycles. The fraction of sp³-hybridized carbons (Fsp3) is 0.250. The van der Waals surface area contributed by atoms with E-state index in [1.165, 1.54) is 11.6 Å². The van der Waals surface area contributed by atoms with Gasteiger partial charge in [-0.1, -0.05) is 30.3 Å². The lowest BCUT2D eigenvalue weighted by molar-refractivity contribution is 0.251. The number of hydrogen-bond donors (Lipinski definition) is 1. The number of fused-ring (bicyclic) bond motifs is 1. The molecule has 0 saturated carbocycles. The molecule has 0 spiro atoms. The first-order valence-corrected chi connectivity index (χ1v) is 6.52. The summed E-state index contributed by atoms with van der Waals surface area (Å²) in [6.45, 7) is 1.45. The smallest absolute Gasteiger partial charge is 0.124 e. The quantitative estimate of drug-likeness (QED) is 0.909. The van der Waals surface area contributed by atoms with Crippen molar-refractivity contribution >= 4 is 0 Å². The average Bonchev–Trinajstić information content (AvgIpc) is 2.46. The molecule has 1 atom stereocenters. The van der Waals surface area contributed by atoms with Gasteiger partial charge in [-0.3, -0.25) is 0 Å². The molecule has 2 nitrogen and oxygen atoms in total. The highest BCUT2D eigenvalue weighted by molar-refractivity contribution is 5.38. The van der Waals surface area contributed by atoms with E-state index in [4.69, 9.17) is 4.74 Å². The molecule has 0 fully saturated rings. The van der Waals surface area contributed by atoms with E-state index in [-0.39, 0.29) is 11.9 Å². The summed E-state index contributed by atoms with van der Waals surface area (Å²) in [6, 6.07) is 15.1. The van der Waals surface area contributed by atoms with Gasteiger partial charge in [0, 0.05) is 24.6 Å². The summed E-state index contributed by atoms with van der Waals surface area (Å²) in [4.78, 5) is 0. The maximum absolute atomic E-state index is 13.3. The van der Waals surface area contributed by atoms with Crippen LogP contribution in [0.5, 0.6) is 5.75 Å². The van der Waals surface area contributed by atoms with Crippen molar-refractivity contribution in [2.24, 2.45) is 0 Å². The molecule has 1 heterocycles. The third kappa shape index (κ3) is 2.76. The molecule has 1 unspecified atom stereocenters. The predicted molar refractivity (Wildman–Crippen MR) is 72.5 cm³/mol. The summed E-state index contributed by atoms with van der Waals surface area (Å²) in [5.74, 6) is 0.578. The van der Waals surface area contributed by atoms with E-state index >= 15 is 0 Å². The van der Waals surface area contributed by atoms with Gasteiger partial charge >= 0.3 is 0 Å². The lowest BCUT2D eigenvalue weighted by atomic mass is 10.00. The van der Waals surface area contributed by atoms with E-state index in [0.717, 1.165) is 24.3 Å². The molecule has 0 saturated heterocycles. The van der Waals surface area contributed by atoms with Crippen molar-refractivity contribution in [3.63, 3.8) is 0 Å². The molecule has 3 heteroatoms. The molecule has 3 rings (SSSR count). The average molecular weight is 257 g/mol. The van der Waals surface area contributed by atoms with Crippen LogP contribution in [0.25, 0.3) is 0 Å². The molecule has 98 valence electrons. The maximum Gasteiger partial charge on any atom is 0.124 e. The van der Waals surface area contributed by atoms with Gasteiger partial charge in [-0.25, -0.2) is 4.39 Å². The number of hydrogen-bond acceptors (Lipinski definition) is 2. The van der Waals surface area contributed by atoms with Crippen molar-refractivity contribution in [3.8, 4) is 5.75 Å². The van der Waals surface area contributed by atoms with E-state index in [2.05, 4.69) is 17.4 Å². The zero-order valence-electron chi connectivity index (χ0n) is 10.6. The standard InChI is InChI=1S/C16H16FNO/c17-13-6-7-16-14(10-13)15(8-9-19-16)18-11-12-4-2-1-3-5-12/h1-7,10,15,18H,8-9,11H2. The van der Waals surface area contributed by atoms with Gasteiger partial charge in [-0.05, 0) is 23.8 Å². The highest BCUT2D eigenvalue weighted by Gasteiger charge is 2.21. The van der Waals surface area contributed by atoms with Crippen LogP contribution in [0.2, 0.25) is 0 Å². The minimum absolute atomic E-state index is 0.152. The first-order valence-electron chi connectivity index (χ1n) is 6.52. The van der Waals surface area contributed by atoms with Crippen LogP contribution in [-0.2, 0) is 6.54 Å². The summed E-state index contributed by atoms with van der Waals surface area (Å²) >= 11 is 0. The van der Waals surface area contributed by atoms with Crippen LogP contribution in [0.1, 0.15) is 23.6 Å². The van der Waals surface area contributed by atoms with Crippen molar-refractivity contribution < 1.29 is 9.13 Å². The molecular weight excluding hydrogens is 241 g/mol. The Morgan fingerprint density at radius 1 is 1.16 bits per heavy atom. The normalized spacial score (nSPS) is 17.6. The molecule has 0 aliphatic carbocycles. The van der Waals surface area contributed by atoms with Crippen molar-refractivity contribution in [2.45, 2.75) is 19.0 Å². The topological polar surface area (TPSA) is 21.3 Å².